The number of halogens is 4. The van der Waals surface area contributed by atoms with Gasteiger partial charge < -0.3 is 15.7 Å². The summed E-state index contributed by atoms with van der Waals surface area (Å²) >= 11 is 24.7. The summed E-state index contributed by atoms with van der Waals surface area (Å²) in [5.41, 5.74) is 1.45. The third-order valence-electron chi connectivity index (χ3n) is 7.00. The molecule has 0 bridgehead atoms. The number of hydrogen-bond acceptors (Lipinski definition) is 5. The molecular weight excluding hydrogens is 654 g/mol. The molecule has 11 heteroatoms. The van der Waals surface area contributed by atoms with Gasteiger partial charge in [-0.3, -0.25) is 9.59 Å². The fourth-order valence-corrected chi connectivity index (χ4v) is 5.57. The van der Waals surface area contributed by atoms with Gasteiger partial charge in [-0.15, -0.1) is 10.2 Å². The summed E-state index contributed by atoms with van der Waals surface area (Å²) in [7, 11) is 0. The first kappa shape index (κ1) is 30.4. The van der Waals surface area contributed by atoms with Crippen LogP contribution in [0.4, 0.5) is 22.7 Å². The van der Waals surface area contributed by atoms with E-state index in [0.717, 1.165) is 10.8 Å². The van der Waals surface area contributed by atoms with E-state index in [1.165, 1.54) is 30.3 Å². The van der Waals surface area contributed by atoms with Crippen molar-refractivity contribution in [2.75, 3.05) is 10.6 Å². The van der Waals surface area contributed by atoms with Gasteiger partial charge in [-0.25, -0.2) is 0 Å². The Hall–Kier alpha value is -4.66. The standard InChI is InChI=1S/C34H20Cl4N4O3/c35-24-16-27(38)30(17-25(24)36)40-33(44)20-12-13-29(26(37)15-20)41-42-31-22-10-4-2-7-19(22)14-23(32(31)43)34(45)39-28-11-5-8-18-6-1-3-9-21(18)28/h1-17,43H,(H,39,45)(H,40,44). The van der Waals surface area contributed by atoms with Crippen LogP contribution in [0.25, 0.3) is 21.5 Å². The first-order valence-corrected chi connectivity index (χ1v) is 14.9. The zero-order valence-corrected chi connectivity index (χ0v) is 26.0. The van der Waals surface area contributed by atoms with E-state index in [1.807, 2.05) is 48.5 Å². The molecule has 0 unspecified atom stereocenters. The number of rotatable bonds is 6. The molecule has 6 rings (SSSR count). The number of azo groups is 1. The van der Waals surface area contributed by atoms with Crippen molar-refractivity contribution >= 4 is 103 Å². The number of aromatic hydroxyl groups is 1. The summed E-state index contributed by atoms with van der Waals surface area (Å²) < 4.78 is 0. The largest absolute Gasteiger partial charge is 0.505 e. The number of anilines is 2. The van der Waals surface area contributed by atoms with E-state index in [0.29, 0.717) is 16.5 Å². The minimum absolute atomic E-state index is 0.0228. The third-order valence-corrected chi connectivity index (χ3v) is 8.34. The van der Waals surface area contributed by atoms with Crippen LogP contribution < -0.4 is 10.6 Å². The van der Waals surface area contributed by atoms with Crippen LogP contribution in [-0.2, 0) is 0 Å². The van der Waals surface area contributed by atoms with E-state index in [2.05, 4.69) is 20.9 Å². The highest BCUT2D eigenvalue weighted by molar-refractivity contribution is 6.44. The molecule has 0 heterocycles. The van der Waals surface area contributed by atoms with Crippen molar-refractivity contribution < 1.29 is 14.7 Å². The summed E-state index contributed by atoms with van der Waals surface area (Å²) in [5, 5.41) is 29.3. The van der Waals surface area contributed by atoms with Gasteiger partial charge in [0.25, 0.3) is 11.8 Å². The summed E-state index contributed by atoms with van der Waals surface area (Å²) in [5.74, 6) is -1.35. The fourth-order valence-electron chi connectivity index (χ4n) is 4.76. The molecule has 0 atom stereocenters. The van der Waals surface area contributed by atoms with Crippen molar-refractivity contribution in [3.63, 3.8) is 0 Å². The van der Waals surface area contributed by atoms with Crippen molar-refractivity contribution in [2.24, 2.45) is 10.2 Å². The molecular formula is C34H20Cl4N4O3. The second kappa shape index (κ2) is 12.8. The Kier molecular flexibility index (Phi) is 8.61. The van der Waals surface area contributed by atoms with Gasteiger partial charge >= 0.3 is 0 Å². The van der Waals surface area contributed by atoms with Gasteiger partial charge in [-0.05, 0) is 53.2 Å². The Morgan fingerprint density at radius 1 is 0.578 bits per heavy atom. The predicted molar refractivity (Wildman–Crippen MR) is 183 cm³/mol. The van der Waals surface area contributed by atoms with Gasteiger partial charge in [0.15, 0.2) is 5.75 Å². The summed E-state index contributed by atoms with van der Waals surface area (Å²) in [6, 6.07) is 29.3. The van der Waals surface area contributed by atoms with Crippen molar-refractivity contribution in [3.8, 4) is 5.75 Å². The van der Waals surface area contributed by atoms with Crippen LogP contribution in [0.1, 0.15) is 20.7 Å². The number of phenols is 1. The first-order valence-electron chi connectivity index (χ1n) is 13.4. The average Bonchev–Trinajstić information content (AvgIpc) is 3.03. The third kappa shape index (κ3) is 6.30. The van der Waals surface area contributed by atoms with Gasteiger partial charge in [0.05, 0.1) is 31.3 Å². The molecule has 6 aromatic rings. The second-order valence-electron chi connectivity index (χ2n) is 9.89. The fraction of sp³-hybridized carbons (Fsp3) is 0. The first-order chi connectivity index (χ1) is 21.7. The van der Waals surface area contributed by atoms with Crippen LogP contribution in [0.15, 0.2) is 113 Å². The van der Waals surface area contributed by atoms with Crippen LogP contribution in [-0.4, -0.2) is 16.9 Å². The minimum atomic E-state index is -0.512. The number of amides is 2. The molecule has 7 nitrogen and oxygen atoms in total. The van der Waals surface area contributed by atoms with Crippen molar-refractivity contribution in [1.82, 2.24) is 0 Å². The van der Waals surface area contributed by atoms with Gasteiger partial charge in [-0.2, -0.15) is 0 Å². The maximum atomic E-state index is 13.5. The molecule has 0 aliphatic heterocycles. The Morgan fingerprint density at radius 3 is 2.02 bits per heavy atom. The van der Waals surface area contributed by atoms with E-state index in [1.54, 1.807) is 24.3 Å². The lowest BCUT2D eigenvalue weighted by atomic mass is 10.0. The molecule has 0 radical (unpaired) electrons. The zero-order valence-electron chi connectivity index (χ0n) is 23.0. The van der Waals surface area contributed by atoms with E-state index in [4.69, 9.17) is 46.4 Å². The number of phenolic OH excluding ortho intramolecular Hbond substituents is 1. The predicted octanol–water partition coefficient (Wildman–Crippen LogP) is 11.2. The average molecular weight is 674 g/mol. The molecule has 222 valence electrons. The summed E-state index contributed by atoms with van der Waals surface area (Å²) in [4.78, 5) is 26.3. The number of benzene rings is 6. The van der Waals surface area contributed by atoms with E-state index in [-0.39, 0.29) is 54.0 Å². The van der Waals surface area contributed by atoms with Gasteiger partial charge in [-0.1, -0.05) is 107 Å². The smallest absolute Gasteiger partial charge is 0.259 e. The maximum absolute atomic E-state index is 13.5. The molecule has 0 saturated carbocycles. The molecule has 45 heavy (non-hydrogen) atoms. The lowest BCUT2D eigenvalue weighted by Gasteiger charge is -2.12. The highest BCUT2D eigenvalue weighted by Crippen LogP contribution is 2.41. The van der Waals surface area contributed by atoms with Gasteiger partial charge in [0.2, 0.25) is 0 Å². The van der Waals surface area contributed by atoms with Crippen LogP contribution in [0, 0.1) is 0 Å². The highest BCUT2D eigenvalue weighted by Gasteiger charge is 2.20. The molecule has 0 fully saturated rings. The molecule has 6 aromatic carbocycles. The van der Waals surface area contributed by atoms with Crippen LogP contribution in [0.3, 0.4) is 0 Å². The van der Waals surface area contributed by atoms with Crippen LogP contribution in [0.2, 0.25) is 20.1 Å². The second-order valence-corrected chi connectivity index (χ2v) is 11.5. The van der Waals surface area contributed by atoms with Crippen LogP contribution >= 0.6 is 46.4 Å². The molecule has 2 amide bonds. The molecule has 3 N–H and O–H groups in total. The number of nitrogens with zero attached hydrogens (tertiary/aromatic N) is 2. The Morgan fingerprint density at radius 2 is 1.24 bits per heavy atom. The highest BCUT2D eigenvalue weighted by atomic mass is 35.5. The molecule has 0 spiro atoms. The lowest BCUT2D eigenvalue weighted by molar-refractivity contribution is 0.101. The normalized spacial score (nSPS) is 11.3. The Labute approximate surface area is 277 Å². The molecule has 0 aliphatic carbocycles. The SMILES string of the molecule is O=C(Nc1cc(Cl)c(Cl)cc1Cl)c1ccc(N=Nc2c(O)c(C(=O)Nc3cccc4ccccc34)cc3ccccc23)c(Cl)c1. The summed E-state index contributed by atoms with van der Waals surface area (Å²) in [6.45, 7) is 0. The number of fused-ring (bicyclic) bond motifs is 2. The Balaban J connectivity index is 1.30. The maximum Gasteiger partial charge on any atom is 0.259 e. The zero-order chi connectivity index (χ0) is 31.7. The van der Waals surface area contributed by atoms with Gasteiger partial charge in [0.1, 0.15) is 11.4 Å². The van der Waals surface area contributed by atoms with E-state index < -0.39 is 11.8 Å². The number of carbonyl (C=O) groups is 2. The van der Waals surface area contributed by atoms with Crippen molar-refractivity contribution in [1.29, 1.82) is 0 Å². The monoisotopic (exact) mass is 672 g/mol. The number of nitrogens with one attached hydrogen (secondary N) is 2. The molecule has 0 aliphatic rings. The quantitative estimate of drug-likeness (QED) is 0.121. The van der Waals surface area contributed by atoms with Crippen LogP contribution in [0.5, 0.6) is 5.75 Å². The van der Waals surface area contributed by atoms with Crippen molar-refractivity contribution in [2.45, 2.75) is 0 Å². The van der Waals surface area contributed by atoms with E-state index in [9.17, 15) is 14.7 Å². The lowest BCUT2D eigenvalue weighted by Crippen LogP contribution is -2.12. The summed E-state index contributed by atoms with van der Waals surface area (Å²) in [6.07, 6.45) is 0. The minimum Gasteiger partial charge on any atom is -0.505 e. The van der Waals surface area contributed by atoms with Gasteiger partial charge in [0, 0.05) is 22.0 Å². The Bertz CT molecular complexity index is 2180. The molecule has 0 aromatic heterocycles. The van der Waals surface area contributed by atoms with Crippen molar-refractivity contribution in [3.05, 3.63) is 134 Å². The number of carbonyl (C=O) groups excluding carboxylic acids is 2. The topological polar surface area (TPSA) is 103 Å². The van der Waals surface area contributed by atoms with E-state index >= 15 is 0 Å². The number of hydrogen-bond donors (Lipinski definition) is 3. The molecule has 0 saturated heterocycles.